The van der Waals surface area contributed by atoms with Crippen LogP contribution in [0.1, 0.15) is 40.2 Å². The number of fused-ring (bicyclic) bond motifs is 5. The maximum atomic E-state index is 12.7. The second-order valence-corrected chi connectivity index (χ2v) is 6.81. The van der Waals surface area contributed by atoms with E-state index in [0.29, 0.717) is 16.7 Å². The van der Waals surface area contributed by atoms with Crippen LogP contribution in [0.2, 0.25) is 0 Å². The van der Waals surface area contributed by atoms with E-state index in [-0.39, 0.29) is 11.2 Å². The van der Waals surface area contributed by atoms with Crippen molar-refractivity contribution in [3.05, 3.63) is 52.4 Å². The van der Waals surface area contributed by atoms with Crippen molar-refractivity contribution in [1.29, 1.82) is 0 Å². The first-order chi connectivity index (χ1) is 12.4. The standard InChI is InChI=1S/C20H19NO3.C2H6/c1-11-10-20(2,3)21-13-9-8-12-17-14(23-4)6-5-7-15(17)24-19(22)18(12)16(11)13;1-2/h5-10,21H,1-4H3;1-2H3. The third-order valence-corrected chi connectivity index (χ3v) is 4.52. The molecule has 0 unspecified atom stereocenters. The van der Waals surface area contributed by atoms with E-state index in [0.717, 1.165) is 27.6 Å². The Morgan fingerprint density at radius 2 is 1.81 bits per heavy atom. The first-order valence-corrected chi connectivity index (χ1v) is 8.96. The molecule has 1 N–H and O–H groups in total. The van der Waals surface area contributed by atoms with Crippen molar-refractivity contribution >= 4 is 33.0 Å². The van der Waals surface area contributed by atoms with Crippen molar-refractivity contribution in [1.82, 2.24) is 0 Å². The highest BCUT2D eigenvalue weighted by Crippen LogP contribution is 2.40. The van der Waals surface area contributed by atoms with Gasteiger partial charge in [0.25, 0.3) is 0 Å². The molecule has 4 nitrogen and oxygen atoms in total. The number of hydrogen-bond donors (Lipinski definition) is 1. The van der Waals surface area contributed by atoms with Crippen LogP contribution in [0.5, 0.6) is 5.75 Å². The number of ether oxygens (including phenoxy) is 1. The summed E-state index contributed by atoms with van der Waals surface area (Å²) in [5.74, 6) is 0.701. The smallest absolute Gasteiger partial charge is 0.344 e. The normalized spacial score (nSPS) is 14.8. The number of nitrogens with one attached hydrogen (secondary N) is 1. The van der Waals surface area contributed by atoms with E-state index in [1.165, 1.54) is 0 Å². The molecule has 0 amide bonds. The van der Waals surface area contributed by atoms with Gasteiger partial charge in [-0.15, -0.1) is 0 Å². The molecule has 1 aromatic heterocycles. The quantitative estimate of drug-likeness (QED) is 0.459. The second kappa shape index (κ2) is 6.52. The largest absolute Gasteiger partial charge is 0.496 e. The molecule has 26 heavy (non-hydrogen) atoms. The van der Waals surface area contributed by atoms with Gasteiger partial charge in [0.05, 0.1) is 23.4 Å². The number of rotatable bonds is 1. The van der Waals surface area contributed by atoms with Gasteiger partial charge in [0, 0.05) is 16.6 Å². The first-order valence-electron chi connectivity index (χ1n) is 8.96. The third-order valence-electron chi connectivity index (χ3n) is 4.52. The predicted octanol–water partition coefficient (Wildman–Crippen LogP) is 5.59. The van der Waals surface area contributed by atoms with Gasteiger partial charge in [0.1, 0.15) is 11.3 Å². The number of methoxy groups -OCH3 is 1. The van der Waals surface area contributed by atoms with Crippen molar-refractivity contribution in [3.63, 3.8) is 0 Å². The van der Waals surface area contributed by atoms with Crippen LogP contribution in [0.15, 0.2) is 45.6 Å². The summed E-state index contributed by atoms with van der Waals surface area (Å²) in [6, 6.07) is 9.50. The maximum Gasteiger partial charge on any atom is 0.344 e. The zero-order chi connectivity index (χ0) is 19.1. The molecule has 4 heteroatoms. The summed E-state index contributed by atoms with van der Waals surface area (Å²) in [7, 11) is 1.62. The van der Waals surface area contributed by atoms with Gasteiger partial charge in [-0.1, -0.05) is 32.1 Å². The van der Waals surface area contributed by atoms with Crippen molar-refractivity contribution in [2.24, 2.45) is 0 Å². The van der Waals surface area contributed by atoms with Crippen LogP contribution in [-0.4, -0.2) is 12.6 Å². The fourth-order valence-electron chi connectivity index (χ4n) is 3.72. The average Bonchev–Trinajstić information content (AvgIpc) is 2.61. The van der Waals surface area contributed by atoms with Crippen LogP contribution in [0.3, 0.4) is 0 Å². The molecular formula is C22H25NO3. The number of hydrogen-bond acceptors (Lipinski definition) is 4. The van der Waals surface area contributed by atoms with E-state index >= 15 is 0 Å². The monoisotopic (exact) mass is 351 g/mol. The van der Waals surface area contributed by atoms with Gasteiger partial charge in [-0.25, -0.2) is 4.79 Å². The van der Waals surface area contributed by atoms with Gasteiger partial charge in [-0.3, -0.25) is 0 Å². The average molecular weight is 351 g/mol. The molecule has 0 aliphatic carbocycles. The summed E-state index contributed by atoms with van der Waals surface area (Å²) in [5.41, 5.74) is 3.00. The molecule has 3 aromatic rings. The van der Waals surface area contributed by atoms with E-state index in [2.05, 4.69) is 25.2 Å². The molecule has 136 valence electrons. The zero-order valence-electron chi connectivity index (χ0n) is 16.2. The van der Waals surface area contributed by atoms with Gasteiger partial charge in [-0.2, -0.15) is 0 Å². The van der Waals surface area contributed by atoms with Gasteiger partial charge >= 0.3 is 5.63 Å². The first kappa shape index (κ1) is 18.1. The zero-order valence-corrected chi connectivity index (χ0v) is 16.2. The molecule has 0 saturated carbocycles. The summed E-state index contributed by atoms with van der Waals surface area (Å²) in [6.45, 7) is 10.2. The number of anilines is 1. The van der Waals surface area contributed by atoms with E-state index in [1.807, 2.05) is 45.0 Å². The lowest BCUT2D eigenvalue weighted by molar-refractivity contribution is 0.419. The Morgan fingerprint density at radius 3 is 2.50 bits per heavy atom. The van der Waals surface area contributed by atoms with Crippen molar-refractivity contribution < 1.29 is 9.15 Å². The minimum atomic E-state index is -0.322. The van der Waals surface area contributed by atoms with Gasteiger partial charge in [0.2, 0.25) is 0 Å². The van der Waals surface area contributed by atoms with E-state index in [1.54, 1.807) is 13.2 Å². The van der Waals surface area contributed by atoms with Crippen LogP contribution in [0.25, 0.3) is 27.3 Å². The SMILES string of the molecule is CC.COc1cccc2oc(=O)c3c4c(ccc3c12)NC(C)(C)C=C4C. The fourth-order valence-corrected chi connectivity index (χ4v) is 3.72. The summed E-state index contributed by atoms with van der Waals surface area (Å²) >= 11 is 0. The maximum absolute atomic E-state index is 12.7. The molecule has 2 heterocycles. The second-order valence-electron chi connectivity index (χ2n) is 6.81. The highest BCUT2D eigenvalue weighted by molar-refractivity contribution is 6.12. The Balaban J connectivity index is 0.000000948. The Kier molecular flexibility index (Phi) is 4.53. The molecule has 4 rings (SSSR count). The summed E-state index contributed by atoms with van der Waals surface area (Å²) in [5, 5.41) is 5.76. The van der Waals surface area contributed by atoms with Crippen LogP contribution < -0.4 is 15.7 Å². The molecule has 1 aliphatic rings. The molecule has 0 spiro atoms. The molecule has 0 radical (unpaired) electrons. The molecule has 0 fully saturated rings. The van der Waals surface area contributed by atoms with Gasteiger partial charge < -0.3 is 14.5 Å². The predicted molar refractivity (Wildman–Crippen MR) is 109 cm³/mol. The van der Waals surface area contributed by atoms with Crippen LogP contribution in [-0.2, 0) is 0 Å². The molecule has 1 aliphatic heterocycles. The van der Waals surface area contributed by atoms with Crippen molar-refractivity contribution in [2.45, 2.75) is 40.2 Å². The topological polar surface area (TPSA) is 51.5 Å². The van der Waals surface area contributed by atoms with Crippen LogP contribution in [0, 0.1) is 0 Å². The van der Waals surface area contributed by atoms with E-state index < -0.39 is 0 Å². The lowest BCUT2D eigenvalue weighted by Crippen LogP contribution is -2.31. The lowest BCUT2D eigenvalue weighted by Gasteiger charge is -2.32. The highest BCUT2D eigenvalue weighted by atomic mass is 16.5. The van der Waals surface area contributed by atoms with Crippen LogP contribution in [0.4, 0.5) is 5.69 Å². The molecule has 0 bridgehead atoms. The Hall–Kier alpha value is -2.75. The Morgan fingerprint density at radius 1 is 1.08 bits per heavy atom. The Bertz CT molecular complexity index is 1070. The summed E-state index contributed by atoms with van der Waals surface area (Å²) in [6.07, 6.45) is 2.14. The summed E-state index contributed by atoms with van der Waals surface area (Å²) in [4.78, 5) is 12.7. The molecule has 2 aromatic carbocycles. The van der Waals surface area contributed by atoms with Crippen molar-refractivity contribution in [3.8, 4) is 5.75 Å². The molecule has 0 atom stereocenters. The summed E-state index contributed by atoms with van der Waals surface area (Å²) < 4.78 is 11.1. The van der Waals surface area contributed by atoms with Gasteiger partial charge in [0.15, 0.2) is 0 Å². The molecule has 0 saturated heterocycles. The lowest BCUT2D eigenvalue weighted by atomic mass is 9.88. The van der Waals surface area contributed by atoms with Crippen LogP contribution >= 0.6 is 0 Å². The van der Waals surface area contributed by atoms with E-state index in [9.17, 15) is 4.79 Å². The number of benzene rings is 2. The fraction of sp³-hybridized carbons (Fsp3) is 0.318. The highest BCUT2D eigenvalue weighted by Gasteiger charge is 2.26. The number of allylic oxidation sites excluding steroid dienone is 1. The van der Waals surface area contributed by atoms with Crippen molar-refractivity contribution in [2.75, 3.05) is 12.4 Å². The third kappa shape index (κ3) is 2.75. The van der Waals surface area contributed by atoms with E-state index in [4.69, 9.17) is 9.15 Å². The Labute approximate surface area is 153 Å². The van der Waals surface area contributed by atoms with Gasteiger partial charge in [-0.05, 0) is 44.5 Å². The minimum Gasteiger partial charge on any atom is -0.496 e. The minimum absolute atomic E-state index is 0.153. The molecular weight excluding hydrogens is 326 g/mol.